The average Bonchev–Trinajstić information content (AvgIpc) is 3.35. The van der Waals surface area contributed by atoms with Crippen molar-refractivity contribution in [2.75, 3.05) is 31.1 Å². The SMILES string of the molecule is O=c1[nH]c(C2=C[C@H](N3CCN(c4c(F)cccc4F)CC3)CC2)nc2c1CC1(CC2)CC1. The van der Waals surface area contributed by atoms with Gasteiger partial charge in [0.1, 0.15) is 23.1 Å². The van der Waals surface area contributed by atoms with Crippen LogP contribution in [0.25, 0.3) is 5.57 Å². The van der Waals surface area contributed by atoms with E-state index in [9.17, 15) is 13.6 Å². The van der Waals surface area contributed by atoms with Crippen LogP contribution < -0.4 is 10.5 Å². The Morgan fingerprint density at radius 3 is 2.50 bits per heavy atom. The van der Waals surface area contributed by atoms with Crippen LogP contribution in [0.15, 0.2) is 29.1 Å². The second kappa shape index (κ2) is 7.51. The second-order valence-electron chi connectivity index (χ2n) is 9.91. The Kier molecular flexibility index (Phi) is 4.72. The molecule has 4 aliphatic rings. The van der Waals surface area contributed by atoms with Crippen LogP contribution in [-0.4, -0.2) is 47.1 Å². The lowest BCUT2D eigenvalue weighted by Gasteiger charge is -2.38. The van der Waals surface area contributed by atoms with Crippen LogP contribution in [0, 0.1) is 17.0 Å². The molecule has 1 N–H and O–H groups in total. The Hall–Kier alpha value is -2.54. The van der Waals surface area contributed by atoms with Crippen LogP contribution in [0.2, 0.25) is 0 Å². The van der Waals surface area contributed by atoms with Crippen LogP contribution in [0.1, 0.15) is 49.2 Å². The Morgan fingerprint density at radius 1 is 1.03 bits per heavy atom. The molecule has 0 unspecified atom stereocenters. The summed E-state index contributed by atoms with van der Waals surface area (Å²) >= 11 is 0. The molecule has 0 bridgehead atoms. The minimum atomic E-state index is -0.503. The third kappa shape index (κ3) is 3.47. The number of hydrogen-bond acceptors (Lipinski definition) is 4. The maximum absolute atomic E-state index is 14.1. The van der Waals surface area contributed by atoms with Crippen molar-refractivity contribution in [2.24, 2.45) is 5.41 Å². The molecule has 7 heteroatoms. The first-order valence-corrected chi connectivity index (χ1v) is 11.8. The van der Waals surface area contributed by atoms with Gasteiger partial charge in [0.05, 0.1) is 5.69 Å². The van der Waals surface area contributed by atoms with Gasteiger partial charge < -0.3 is 9.88 Å². The van der Waals surface area contributed by atoms with Crippen LogP contribution in [0.5, 0.6) is 0 Å². The van der Waals surface area contributed by atoms with Gasteiger partial charge in [0, 0.05) is 37.8 Å². The topological polar surface area (TPSA) is 52.2 Å². The highest BCUT2D eigenvalue weighted by Gasteiger charge is 2.45. The van der Waals surface area contributed by atoms with E-state index in [0.29, 0.717) is 18.5 Å². The number of aromatic nitrogens is 2. The lowest BCUT2D eigenvalue weighted by atomic mass is 9.84. The number of aromatic amines is 1. The van der Waals surface area contributed by atoms with Gasteiger partial charge >= 0.3 is 0 Å². The number of halogens is 2. The third-order valence-corrected chi connectivity index (χ3v) is 7.95. The van der Waals surface area contributed by atoms with Crippen molar-refractivity contribution in [3.05, 3.63) is 63.3 Å². The van der Waals surface area contributed by atoms with Crippen molar-refractivity contribution < 1.29 is 8.78 Å². The normalized spacial score (nSPS) is 24.5. The quantitative estimate of drug-likeness (QED) is 0.794. The summed E-state index contributed by atoms with van der Waals surface area (Å²) in [5.74, 6) is -0.275. The zero-order valence-electron chi connectivity index (χ0n) is 18.2. The standard InChI is InChI=1S/C25H28F2N4O/c26-19-2-1-3-20(27)22(19)31-12-10-30(11-13-31)17-5-4-16(14-17)23-28-21-6-7-25(8-9-25)15-18(21)24(32)29-23/h1-3,14,17H,4-13,15H2,(H,28,29,32)/t17-/m1/s1. The molecule has 6 rings (SSSR count). The van der Waals surface area contributed by atoms with Crippen molar-refractivity contribution in [3.63, 3.8) is 0 Å². The molecule has 2 aromatic rings. The Morgan fingerprint density at radius 2 is 1.78 bits per heavy atom. The fraction of sp³-hybridized carbons (Fsp3) is 0.520. The van der Waals surface area contributed by atoms with Crippen LogP contribution in [0.4, 0.5) is 14.5 Å². The van der Waals surface area contributed by atoms with Gasteiger partial charge in [-0.25, -0.2) is 13.8 Å². The van der Waals surface area contributed by atoms with E-state index in [-0.39, 0.29) is 17.3 Å². The highest BCUT2D eigenvalue weighted by atomic mass is 19.1. The smallest absolute Gasteiger partial charge is 0.254 e. The number of nitrogens with zero attached hydrogens (tertiary/aromatic N) is 3. The van der Waals surface area contributed by atoms with Gasteiger partial charge in [0.15, 0.2) is 0 Å². The van der Waals surface area contributed by atoms with Gasteiger partial charge in [-0.05, 0) is 68.1 Å². The molecule has 5 nitrogen and oxygen atoms in total. The number of rotatable bonds is 3. The van der Waals surface area contributed by atoms with Crippen molar-refractivity contribution in [3.8, 4) is 0 Å². The molecule has 2 fully saturated rings. The predicted molar refractivity (Wildman–Crippen MR) is 120 cm³/mol. The number of H-pyrrole nitrogens is 1. The number of nitrogens with one attached hydrogen (secondary N) is 1. The highest BCUT2D eigenvalue weighted by molar-refractivity contribution is 5.63. The zero-order valence-corrected chi connectivity index (χ0v) is 18.2. The molecule has 1 aliphatic heterocycles. The molecular weight excluding hydrogens is 410 g/mol. The monoisotopic (exact) mass is 438 g/mol. The number of para-hydroxylation sites is 1. The van der Waals surface area contributed by atoms with E-state index < -0.39 is 11.6 Å². The first-order valence-electron chi connectivity index (χ1n) is 11.8. The Bertz CT molecular complexity index is 1120. The fourth-order valence-corrected chi connectivity index (χ4v) is 5.79. The predicted octanol–water partition coefficient (Wildman–Crippen LogP) is 3.69. The van der Waals surface area contributed by atoms with E-state index in [1.54, 1.807) is 4.90 Å². The van der Waals surface area contributed by atoms with Crippen molar-refractivity contribution in [1.82, 2.24) is 14.9 Å². The minimum absolute atomic E-state index is 0.0425. The van der Waals surface area contributed by atoms with Crippen molar-refractivity contribution in [1.29, 1.82) is 0 Å². The summed E-state index contributed by atoms with van der Waals surface area (Å²) in [4.78, 5) is 24.9. The molecule has 0 amide bonds. The summed E-state index contributed by atoms with van der Waals surface area (Å²) in [5, 5.41) is 0. The molecule has 1 saturated carbocycles. The zero-order chi connectivity index (χ0) is 21.9. The number of aryl methyl sites for hydroxylation is 1. The van der Waals surface area contributed by atoms with E-state index >= 15 is 0 Å². The fourth-order valence-electron chi connectivity index (χ4n) is 5.79. The average molecular weight is 439 g/mol. The number of benzene rings is 1. The number of anilines is 1. The summed E-state index contributed by atoms with van der Waals surface area (Å²) in [6.45, 7) is 2.68. The molecule has 1 atom stereocenters. The van der Waals surface area contributed by atoms with Gasteiger partial charge in [0.25, 0.3) is 5.56 Å². The lowest BCUT2D eigenvalue weighted by Crippen LogP contribution is -2.50. The summed E-state index contributed by atoms with van der Waals surface area (Å²) in [7, 11) is 0. The van der Waals surface area contributed by atoms with Gasteiger partial charge in [-0.1, -0.05) is 12.1 Å². The molecule has 0 radical (unpaired) electrons. The van der Waals surface area contributed by atoms with Crippen molar-refractivity contribution in [2.45, 2.75) is 51.0 Å². The molecule has 1 aromatic carbocycles. The number of hydrogen-bond donors (Lipinski definition) is 1. The van der Waals surface area contributed by atoms with Gasteiger partial charge in [0.2, 0.25) is 0 Å². The first kappa shape index (κ1) is 20.1. The molecule has 1 spiro atoms. The molecular formula is C25H28F2N4O. The number of fused-ring (bicyclic) bond motifs is 1. The third-order valence-electron chi connectivity index (χ3n) is 7.95. The van der Waals surface area contributed by atoms with Crippen molar-refractivity contribution >= 4 is 11.3 Å². The molecule has 32 heavy (non-hydrogen) atoms. The number of piperazine rings is 1. The molecule has 1 aromatic heterocycles. The van der Waals surface area contributed by atoms with Crippen LogP contribution in [0.3, 0.4) is 0 Å². The molecule has 3 aliphatic carbocycles. The maximum atomic E-state index is 14.1. The summed E-state index contributed by atoms with van der Waals surface area (Å²) in [5.41, 5.74) is 3.54. The van der Waals surface area contributed by atoms with Crippen LogP contribution >= 0.6 is 0 Å². The molecule has 1 saturated heterocycles. The molecule has 2 heterocycles. The first-order chi connectivity index (χ1) is 15.5. The minimum Gasteiger partial charge on any atom is -0.364 e. The van der Waals surface area contributed by atoms with E-state index in [0.717, 1.165) is 67.8 Å². The van der Waals surface area contributed by atoms with E-state index in [4.69, 9.17) is 4.98 Å². The Balaban J connectivity index is 1.16. The highest BCUT2D eigenvalue weighted by Crippen LogP contribution is 2.53. The lowest BCUT2D eigenvalue weighted by molar-refractivity contribution is 0.213. The molecule has 168 valence electrons. The second-order valence-corrected chi connectivity index (χ2v) is 9.91. The van der Waals surface area contributed by atoms with Gasteiger partial charge in [-0.3, -0.25) is 9.69 Å². The van der Waals surface area contributed by atoms with Crippen LogP contribution in [-0.2, 0) is 12.8 Å². The summed E-state index contributed by atoms with van der Waals surface area (Å²) in [6.07, 6.45) is 9.55. The van der Waals surface area contributed by atoms with Gasteiger partial charge in [-0.2, -0.15) is 0 Å². The van der Waals surface area contributed by atoms with E-state index in [1.165, 1.54) is 31.0 Å². The van der Waals surface area contributed by atoms with E-state index in [1.807, 2.05) is 0 Å². The maximum Gasteiger partial charge on any atom is 0.254 e. The summed E-state index contributed by atoms with van der Waals surface area (Å²) in [6, 6.07) is 4.30. The summed E-state index contributed by atoms with van der Waals surface area (Å²) < 4.78 is 28.3. The largest absolute Gasteiger partial charge is 0.364 e. The van der Waals surface area contributed by atoms with Gasteiger partial charge in [-0.15, -0.1) is 0 Å². The Labute approximate surface area is 186 Å². The van der Waals surface area contributed by atoms with E-state index in [2.05, 4.69) is 16.0 Å². The number of allylic oxidation sites excluding steroid dienone is 1.